The van der Waals surface area contributed by atoms with Crippen molar-refractivity contribution in [2.24, 2.45) is 5.73 Å². The minimum absolute atomic E-state index is 0.0327. The summed E-state index contributed by atoms with van der Waals surface area (Å²) in [7, 11) is 4.07. The number of nitrogens with zero attached hydrogens (tertiary/aromatic N) is 3. The number of unbranched alkanes of at least 4 members (excludes halogenated alkanes) is 2. The standard InChI is InChI=1S/C30H43N5O/c1-21-10-8-11-22(2)34(21)16-6-5-7-17-35-28-20-26(33(3)4)15-14-24(28)19-27(30(35)36)23-12-9-13-25(18-23)29(31)32/h9,12-15,18,20-22,27H,5-8,10-11,16-17,19H2,1-4H3,(H3,31,32)/t21-,22+,27?. The highest BCUT2D eigenvalue weighted by atomic mass is 16.2. The molecule has 2 aromatic carbocycles. The monoisotopic (exact) mass is 489 g/mol. The molecule has 0 spiro atoms. The number of likely N-dealkylation sites (tertiary alicyclic amines) is 1. The third kappa shape index (κ3) is 5.75. The first kappa shape index (κ1) is 26.2. The molecule has 1 amide bonds. The van der Waals surface area contributed by atoms with Crippen LogP contribution in [0.4, 0.5) is 11.4 Å². The molecule has 2 heterocycles. The number of benzene rings is 2. The van der Waals surface area contributed by atoms with Crippen molar-refractivity contribution in [3.63, 3.8) is 0 Å². The van der Waals surface area contributed by atoms with E-state index in [2.05, 4.69) is 41.8 Å². The number of amides is 1. The summed E-state index contributed by atoms with van der Waals surface area (Å²) < 4.78 is 0. The molecule has 6 heteroatoms. The first-order valence-corrected chi connectivity index (χ1v) is 13.6. The molecule has 0 aliphatic carbocycles. The van der Waals surface area contributed by atoms with Gasteiger partial charge in [-0.2, -0.15) is 0 Å². The number of amidine groups is 1. The molecule has 2 aliphatic heterocycles. The Hall–Kier alpha value is -2.86. The highest BCUT2D eigenvalue weighted by Gasteiger charge is 2.34. The van der Waals surface area contributed by atoms with E-state index in [-0.39, 0.29) is 17.7 Å². The van der Waals surface area contributed by atoms with Crippen LogP contribution >= 0.6 is 0 Å². The predicted molar refractivity (Wildman–Crippen MR) is 150 cm³/mol. The van der Waals surface area contributed by atoms with Crippen LogP contribution in [0.15, 0.2) is 42.5 Å². The van der Waals surface area contributed by atoms with Gasteiger partial charge in [0.25, 0.3) is 0 Å². The van der Waals surface area contributed by atoms with Gasteiger partial charge in [0.15, 0.2) is 0 Å². The van der Waals surface area contributed by atoms with Crippen molar-refractivity contribution in [3.05, 3.63) is 59.2 Å². The molecular weight excluding hydrogens is 446 g/mol. The summed E-state index contributed by atoms with van der Waals surface area (Å²) in [6.07, 6.45) is 7.92. The molecule has 1 unspecified atom stereocenters. The summed E-state index contributed by atoms with van der Waals surface area (Å²) in [5.74, 6) is -0.0697. The van der Waals surface area contributed by atoms with Gasteiger partial charge in [-0.15, -0.1) is 0 Å². The molecular formula is C30H43N5O. The third-order valence-corrected chi connectivity index (χ3v) is 8.14. The van der Waals surface area contributed by atoms with Crippen molar-refractivity contribution in [2.75, 3.05) is 37.0 Å². The molecule has 36 heavy (non-hydrogen) atoms. The van der Waals surface area contributed by atoms with Crippen LogP contribution in [0.3, 0.4) is 0 Å². The second-order valence-electron chi connectivity index (χ2n) is 10.9. The molecule has 2 aliphatic rings. The zero-order valence-corrected chi connectivity index (χ0v) is 22.5. The number of hydrogen-bond donors (Lipinski definition) is 2. The summed E-state index contributed by atoms with van der Waals surface area (Å²) in [6.45, 7) is 6.61. The van der Waals surface area contributed by atoms with E-state index in [1.54, 1.807) is 0 Å². The first-order valence-electron chi connectivity index (χ1n) is 13.6. The number of anilines is 2. The van der Waals surface area contributed by atoms with Crippen LogP contribution in [-0.2, 0) is 11.2 Å². The highest BCUT2D eigenvalue weighted by molar-refractivity contribution is 6.02. The van der Waals surface area contributed by atoms with E-state index in [1.165, 1.54) is 31.2 Å². The van der Waals surface area contributed by atoms with Crippen LogP contribution in [0.5, 0.6) is 0 Å². The van der Waals surface area contributed by atoms with E-state index in [4.69, 9.17) is 11.1 Å². The number of rotatable bonds is 9. The summed E-state index contributed by atoms with van der Waals surface area (Å²) in [5.41, 5.74) is 10.7. The van der Waals surface area contributed by atoms with Gasteiger partial charge in [-0.1, -0.05) is 37.1 Å². The second kappa shape index (κ2) is 11.5. The van der Waals surface area contributed by atoms with E-state index in [0.29, 0.717) is 24.1 Å². The number of carbonyl (C=O) groups is 1. The molecule has 2 aromatic rings. The lowest BCUT2D eigenvalue weighted by molar-refractivity contribution is -0.120. The molecule has 0 radical (unpaired) electrons. The lowest BCUT2D eigenvalue weighted by Gasteiger charge is -2.39. The van der Waals surface area contributed by atoms with Crippen molar-refractivity contribution in [1.82, 2.24) is 4.90 Å². The number of nitrogen functional groups attached to an aromatic ring is 1. The summed E-state index contributed by atoms with van der Waals surface area (Å²) in [5, 5.41) is 7.82. The van der Waals surface area contributed by atoms with E-state index >= 15 is 0 Å². The van der Waals surface area contributed by atoms with Gasteiger partial charge in [-0.3, -0.25) is 15.1 Å². The maximum atomic E-state index is 13.9. The number of fused-ring (bicyclic) bond motifs is 1. The molecule has 0 bridgehead atoms. The molecule has 4 rings (SSSR count). The van der Waals surface area contributed by atoms with E-state index in [9.17, 15) is 4.79 Å². The van der Waals surface area contributed by atoms with Crippen molar-refractivity contribution >= 4 is 23.1 Å². The zero-order valence-electron chi connectivity index (χ0n) is 22.5. The maximum Gasteiger partial charge on any atom is 0.234 e. The Morgan fingerprint density at radius 2 is 1.75 bits per heavy atom. The number of nitrogens with two attached hydrogens (primary N) is 1. The van der Waals surface area contributed by atoms with Crippen LogP contribution in [0, 0.1) is 5.41 Å². The van der Waals surface area contributed by atoms with Crippen LogP contribution in [0.2, 0.25) is 0 Å². The highest BCUT2D eigenvalue weighted by Crippen LogP contribution is 2.38. The lowest BCUT2D eigenvalue weighted by atomic mass is 9.85. The van der Waals surface area contributed by atoms with E-state index in [1.807, 2.05) is 43.3 Å². The Labute approximate surface area is 217 Å². The summed E-state index contributed by atoms with van der Waals surface area (Å²) in [6, 6.07) is 15.5. The van der Waals surface area contributed by atoms with Gasteiger partial charge in [0.1, 0.15) is 5.84 Å². The van der Waals surface area contributed by atoms with E-state index < -0.39 is 0 Å². The van der Waals surface area contributed by atoms with Crippen LogP contribution in [0.25, 0.3) is 0 Å². The fourth-order valence-electron chi connectivity index (χ4n) is 5.94. The second-order valence-corrected chi connectivity index (χ2v) is 10.9. The Balaban J connectivity index is 1.49. The topological polar surface area (TPSA) is 76.7 Å². The Morgan fingerprint density at radius 1 is 1.03 bits per heavy atom. The predicted octanol–water partition coefficient (Wildman–Crippen LogP) is 5.14. The van der Waals surface area contributed by atoms with Gasteiger partial charge in [0, 0.05) is 49.7 Å². The largest absolute Gasteiger partial charge is 0.384 e. The van der Waals surface area contributed by atoms with Gasteiger partial charge in [0.05, 0.1) is 5.92 Å². The van der Waals surface area contributed by atoms with Crippen molar-refractivity contribution in [2.45, 2.75) is 76.8 Å². The number of hydrogen-bond acceptors (Lipinski definition) is 4. The minimum Gasteiger partial charge on any atom is -0.384 e. The molecule has 3 N–H and O–H groups in total. The van der Waals surface area contributed by atoms with Crippen LogP contribution < -0.4 is 15.5 Å². The Morgan fingerprint density at radius 3 is 2.44 bits per heavy atom. The van der Waals surface area contributed by atoms with Crippen LogP contribution in [-0.4, -0.2) is 55.9 Å². The summed E-state index contributed by atoms with van der Waals surface area (Å²) in [4.78, 5) is 20.6. The minimum atomic E-state index is -0.253. The van der Waals surface area contributed by atoms with Crippen molar-refractivity contribution in [3.8, 4) is 0 Å². The average molecular weight is 490 g/mol. The van der Waals surface area contributed by atoms with E-state index in [0.717, 1.165) is 42.9 Å². The number of piperidine rings is 1. The molecule has 0 saturated carbocycles. The first-order chi connectivity index (χ1) is 17.3. The van der Waals surface area contributed by atoms with Crippen LogP contribution in [0.1, 0.15) is 75.0 Å². The molecule has 3 atom stereocenters. The van der Waals surface area contributed by atoms with Gasteiger partial charge in [-0.25, -0.2) is 0 Å². The summed E-state index contributed by atoms with van der Waals surface area (Å²) >= 11 is 0. The quantitative estimate of drug-likeness (QED) is 0.290. The Bertz CT molecular complexity index is 1070. The molecule has 0 aromatic heterocycles. The Kier molecular flexibility index (Phi) is 8.35. The molecule has 1 saturated heterocycles. The SMILES string of the molecule is C[C@@H]1CCC[C@H](C)N1CCCCCN1C(=O)C(c2cccc(C(=N)N)c2)Cc2ccc(N(C)C)cc21. The number of nitrogens with one attached hydrogen (secondary N) is 1. The zero-order chi connectivity index (χ0) is 25.8. The van der Waals surface area contributed by atoms with Gasteiger partial charge < -0.3 is 15.5 Å². The lowest BCUT2D eigenvalue weighted by Crippen LogP contribution is -2.44. The number of carbonyl (C=O) groups excluding carboxylic acids is 1. The fraction of sp³-hybridized carbons (Fsp3) is 0.533. The van der Waals surface area contributed by atoms with Gasteiger partial charge in [-0.05, 0) is 81.8 Å². The van der Waals surface area contributed by atoms with Crippen molar-refractivity contribution in [1.29, 1.82) is 5.41 Å². The smallest absolute Gasteiger partial charge is 0.234 e. The fourth-order valence-corrected chi connectivity index (χ4v) is 5.94. The van der Waals surface area contributed by atoms with Gasteiger partial charge >= 0.3 is 0 Å². The normalized spacial score (nSPS) is 22.4. The molecule has 194 valence electrons. The van der Waals surface area contributed by atoms with Crippen molar-refractivity contribution < 1.29 is 4.79 Å². The molecule has 6 nitrogen and oxygen atoms in total. The third-order valence-electron chi connectivity index (χ3n) is 8.14. The van der Waals surface area contributed by atoms with Gasteiger partial charge in [0.2, 0.25) is 5.91 Å². The average Bonchev–Trinajstić information content (AvgIpc) is 2.86. The molecule has 1 fully saturated rings. The maximum absolute atomic E-state index is 13.9.